The molecule has 0 aliphatic heterocycles. The first-order chi connectivity index (χ1) is 20.9. The van der Waals surface area contributed by atoms with E-state index in [2.05, 4.69) is 109 Å². The van der Waals surface area contributed by atoms with E-state index in [0.717, 1.165) is 22.3 Å². The second kappa shape index (κ2) is 18.9. The molecule has 0 radical (unpaired) electrons. The fraction of sp³-hybridized carbons (Fsp3) is 0.659. The minimum Gasteiger partial charge on any atom is -0.872 e. The van der Waals surface area contributed by atoms with Crippen molar-refractivity contribution in [3.05, 3.63) is 57.6 Å². The van der Waals surface area contributed by atoms with Crippen molar-refractivity contribution < 1.29 is 42.1 Å². The quantitative estimate of drug-likeness (QED) is 0.236. The summed E-state index contributed by atoms with van der Waals surface area (Å²) in [5.41, 5.74) is 4.33. The van der Waals surface area contributed by atoms with Crippen molar-refractivity contribution in [3.8, 4) is 11.5 Å². The summed E-state index contributed by atoms with van der Waals surface area (Å²) in [6, 6.07) is 8.08. The molecule has 2 aromatic rings. The summed E-state index contributed by atoms with van der Waals surface area (Å²) in [5.74, 6) is 0.0952. The van der Waals surface area contributed by atoms with Crippen LogP contribution < -0.4 is 20.4 Å². The molecule has 0 aromatic heterocycles. The van der Waals surface area contributed by atoms with E-state index in [1.807, 2.05) is 12.1 Å². The van der Waals surface area contributed by atoms with Crippen LogP contribution in [0, 0.1) is 5.41 Å². The Morgan fingerprint density at radius 2 is 0.771 bits per heavy atom. The van der Waals surface area contributed by atoms with E-state index in [9.17, 15) is 20.4 Å². The second-order valence-corrected chi connectivity index (χ2v) is 18.1. The van der Waals surface area contributed by atoms with Gasteiger partial charge in [-0.05, 0) is 55.0 Å². The van der Waals surface area contributed by atoms with Gasteiger partial charge < -0.3 is 20.4 Å². The Hall–Kier alpha value is -1.99. The number of hydrogen-bond acceptors (Lipinski definition) is 6. The van der Waals surface area contributed by atoms with Crippen molar-refractivity contribution in [2.24, 2.45) is 15.4 Å². The Kier molecular flexibility index (Phi) is 18.9. The molecule has 0 unspecified atom stereocenters. The van der Waals surface area contributed by atoms with Gasteiger partial charge >= 0.3 is 21.7 Å². The number of hydrogen-bond donors (Lipinski definition) is 0. The summed E-state index contributed by atoms with van der Waals surface area (Å²) in [6.07, 6.45) is 2.63. The molecule has 0 bridgehead atoms. The zero-order valence-corrected chi connectivity index (χ0v) is 35.1. The monoisotopic (exact) mass is 698 g/mol. The van der Waals surface area contributed by atoms with Gasteiger partial charge in [0.1, 0.15) is 0 Å². The van der Waals surface area contributed by atoms with Crippen LogP contribution >= 0.6 is 0 Å². The van der Waals surface area contributed by atoms with E-state index in [1.165, 1.54) is 0 Å². The Bertz CT molecular complexity index is 1220. The van der Waals surface area contributed by atoms with Crippen LogP contribution in [-0.2, 0) is 43.4 Å². The van der Waals surface area contributed by atoms with Crippen molar-refractivity contribution >= 4 is 12.4 Å². The van der Waals surface area contributed by atoms with Gasteiger partial charge in [-0.15, -0.1) is 12.2 Å². The van der Waals surface area contributed by atoms with Crippen molar-refractivity contribution in [2.45, 2.75) is 158 Å². The molecule has 2 rings (SSSR count). The first-order valence-electron chi connectivity index (χ1n) is 16.9. The third-order valence-corrected chi connectivity index (χ3v) is 7.08. The van der Waals surface area contributed by atoms with Gasteiger partial charge in [0.15, 0.2) is 0 Å². The fourth-order valence-corrected chi connectivity index (χ4v) is 4.31. The van der Waals surface area contributed by atoms with Crippen molar-refractivity contribution in [3.63, 3.8) is 0 Å². The van der Waals surface area contributed by atoms with Gasteiger partial charge in [-0.2, -0.15) is 0 Å². The van der Waals surface area contributed by atoms with Gasteiger partial charge in [0.05, 0.1) is 0 Å². The molecule has 2 aromatic carbocycles. The molecule has 7 heteroatoms. The normalized spacial score (nSPS) is 13.0. The number of benzene rings is 2. The van der Waals surface area contributed by atoms with Gasteiger partial charge in [-0.25, -0.2) is 0 Å². The SMILES string of the molecule is CC(C)(CN=Cc1cc(C(C)(C)C)cc(C(C)(C)C)c1[O-])CN=Cc1cc(C(C)(C)C)cc(C(C)(C)C)c1[O-].CC(C)[O-].CC(C)[O-].[Ti+4]. The van der Waals surface area contributed by atoms with Crippen LogP contribution in [0.15, 0.2) is 34.3 Å². The average molecular weight is 699 g/mol. The molecule has 0 N–H and O–H groups in total. The van der Waals surface area contributed by atoms with E-state index in [1.54, 1.807) is 40.1 Å². The molecule has 0 atom stereocenters. The Morgan fingerprint density at radius 3 is 0.979 bits per heavy atom. The van der Waals surface area contributed by atoms with Crippen molar-refractivity contribution in [2.75, 3.05) is 13.1 Å². The predicted octanol–water partition coefficient (Wildman–Crippen LogP) is 7.10. The van der Waals surface area contributed by atoms with Crippen LogP contribution in [0.1, 0.15) is 158 Å². The number of nitrogens with zero attached hydrogens (tertiary/aromatic N) is 2. The van der Waals surface area contributed by atoms with Gasteiger partial charge in [-0.3, -0.25) is 9.98 Å². The summed E-state index contributed by atoms with van der Waals surface area (Å²) in [4.78, 5) is 9.39. The third kappa shape index (κ3) is 17.6. The Balaban J connectivity index is 0. The van der Waals surface area contributed by atoms with Gasteiger partial charge in [0, 0.05) is 30.9 Å². The maximum atomic E-state index is 13.3. The predicted molar refractivity (Wildman–Crippen MR) is 196 cm³/mol. The number of rotatable bonds is 6. The minimum absolute atomic E-state index is 0. The first kappa shape index (κ1) is 48.1. The molecule has 268 valence electrons. The maximum absolute atomic E-state index is 13.3. The van der Waals surface area contributed by atoms with E-state index in [0.29, 0.717) is 24.2 Å². The van der Waals surface area contributed by atoms with Crippen LogP contribution in [0.5, 0.6) is 11.5 Å². The molecule has 0 fully saturated rings. The molecule has 0 heterocycles. The van der Waals surface area contributed by atoms with E-state index >= 15 is 0 Å². The fourth-order valence-electron chi connectivity index (χ4n) is 4.31. The number of aliphatic imine (C=N–C) groups is 2. The summed E-state index contributed by atoms with van der Waals surface area (Å²) in [5, 5.41) is 45.6. The zero-order chi connectivity index (χ0) is 37.3. The largest absolute Gasteiger partial charge is 4.00 e. The Morgan fingerprint density at radius 1 is 0.521 bits per heavy atom. The van der Waals surface area contributed by atoms with Gasteiger partial charge in [0.2, 0.25) is 0 Å². The van der Waals surface area contributed by atoms with Gasteiger partial charge in [0.25, 0.3) is 0 Å². The van der Waals surface area contributed by atoms with Crippen molar-refractivity contribution in [1.29, 1.82) is 0 Å². The molecule has 0 spiro atoms. The van der Waals surface area contributed by atoms with Crippen LogP contribution in [0.3, 0.4) is 0 Å². The summed E-state index contributed by atoms with van der Waals surface area (Å²) in [7, 11) is 0. The molecule has 48 heavy (non-hydrogen) atoms. The molecule has 0 aliphatic carbocycles. The summed E-state index contributed by atoms with van der Waals surface area (Å²) < 4.78 is 0. The first-order valence-corrected chi connectivity index (χ1v) is 16.9. The van der Waals surface area contributed by atoms with E-state index in [-0.39, 0.29) is 60.3 Å². The minimum atomic E-state index is -0.417. The maximum Gasteiger partial charge on any atom is 4.00 e. The molecular weight excluding hydrogens is 632 g/mol. The smallest absolute Gasteiger partial charge is 0.872 e. The third-order valence-electron chi connectivity index (χ3n) is 7.08. The molecular formula is C41H66N2O4Ti. The summed E-state index contributed by atoms with van der Waals surface area (Å²) >= 11 is 0. The van der Waals surface area contributed by atoms with Crippen molar-refractivity contribution in [1.82, 2.24) is 0 Å². The Labute approximate surface area is 309 Å². The molecule has 0 amide bonds. The standard InChI is InChI=1S/C35H54N2O2.2C3H7O.Ti/c1-31(2,3)25-15-23(29(38)27(17-25)33(7,8)9)19-36-21-35(13,14)22-37-20-24-16-26(32(4,5)6)18-28(30(24)39)34(10,11)12;2*1-3(2)4;/h15-20,38-39H,21-22H2,1-14H3;2*3H,1-2H3;/q;2*-1;+4/p-2. The van der Waals surface area contributed by atoms with E-state index in [4.69, 9.17) is 9.98 Å². The molecule has 0 saturated carbocycles. The second-order valence-electron chi connectivity index (χ2n) is 18.1. The van der Waals surface area contributed by atoms with Crippen LogP contribution in [0.2, 0.25) is 0 Å². The summed E-state index contributed by atoms with van der Waals surface area (Å²) in [6.45, 7) is 37.1. The van der Waals surface area contributed by atoms with Crippen LogP contribution in [0.4, 0.5) is 0 Å². The topological polar surface area (TPSA) is 117 Å². The van der Waals surface area contributed by atoms with Gasteiger partial charge in [-0.1, -0.05) is 160 Å². The van der Waals surface area contributed by atoms with Crippen LogP contribution in [0.25, 0.3) is 0 Å². The average Bonchev–Trinajstić information content (AvgIpc) is 2.82. The molecule has 0 aliphatic rings. The van der Waals surface area contributed by atoms with Crippen LogP contribution in [-0.4, -0.2) is 37.7 Å². The molecule has 6 nitrogen and oxygen atoms in total. The zero-order valence-electron chi connectivity index (χ0n) is 33.6. The van der Waals surface area contributed by atoms with E-state index < -0.39 is 12.2 Å². The molecule has 0 saturated heterocycles.